The van der Waals surface area contributed by atoms with Gasteiger partial charge in [0.15, 0.2) is 5.72 Å². The van der Waals surface area contributed by atoms with Crippen LogP contribution in [0.1, 0.15) is 38.3 Å². The van der Waals surface area contributed by atoms with Gasteiger partial charge in [-0.3, -0.25) is 0 Å². The smallest absolute Gasteiger partial charge is 0.191 e. The molecular formula is C16H21N3O. The Labute approximate surface area is 119 Å². The van der Waals surface area contributed by atoms with E-state index in [1.165, 1.54) is 5.56 Å². The molecule has 4 heteroatoms. The third-order valence-electron chi connectivity index (χ3n) is 4.12. The third-order valence-corrected chi connectivity index (χ3v) is 4.12. The van der Waals surface area contributed by atoms with Crippen LogP contribution in [0.5, 0.6) is 0 Å². The molecule has 0 N–H and O–H groups in total. The summed E-state index contributed by atoms with van der Waals surface area (Å²) in [5.41, 5.74) is 1.64. The summed E-state index contributed by atoms with van der Waals surface area (Å²) >= 11 is 0. The van der Waals surface area contributed by atoms with Crippen molar-refractivity contribution < 1.29 is 4.74 Å². The molecule has 3 rings (SSSR count). The van der Waals surface area contributed by atoms with Crippen molar-refractivity contribution in [2.45, 2.75) is 45.4 Å². The van der Waals surface area contributed by atoms with Gasteiger partial charge in [-0.05, 0) is 27.2 Å². The Morgan fingerprint density at radius 1 is 1.25 bits per heavy atom. The van der Waals surface area contributed by atoms with Crippen molar-refractivity contribution in [1.29, 1.82) is 0 Å². The fourth-order valence-corrected chi connectivity index (χ4v) is 3.36. The van der Waals surface area contributed by atoms with Crippen LogP contribution in [-0.2, 0) is 10.5 Å². The zero-order valence-corrected chi connectivity index (χ0v) is 12.5. The number of hydrogen-bond acceptors (Lipinski definition) is 3. The number of rotatable bonds is 2. The summed E-state index contributed by atoms with van der Waals surface area (Å²) in [5.74, 6) is 0.321. The minimum absolute atomic E-state index is 0.170. The Bertz CT molecular complexity index is 589. The van der Waals surface area contributed by atoms with Crippen LogP contribution in [0.3, 0.4) is 0 Å². The SMILES string of the molecule is Cc1ccc(C2(n3cncn3)OC(C)(C)CC2C)cc1. The molecule has 0 aliphatic carbocycles. The lowest BCUT2D eigenvalue weighted by molar-refractivity contribution is -0.126. The van der Waals surface area contributed by atoms with Crippen molar-refractivity contribution in [2.24, 2.45) is 5.92 Å². The Balaban J connectivity index is 2.17. The van der Waals surface area contributed by atoms with Crippen LogP contribution in [0.15, 0.2) is 36.9 Å². The molecule has 0 saturated carbocycles. The van der Waals surface area contributed by atoms with E-state index in [0.717, 1.165) is 12.0 Å². The van der Waals surface area contributed by atoms with E-state index >= 15 is 0 Å². The van der Waals surface area contributed by atoms with Gasteiger partial charge in [-0.2, -0.15) is 5.10 Å². The van der Waals surface area contributed by atoms with Crippen LogP contribution in [0.4, 0.5) is 0 Å². The van der Waals surface area contributed by atoms with E-state index in [1.54, 1.807) is 12.7 Å². The Kier molecular flexibility index (Phi) is 2.94. The maximum atomic E-state index is 6.48. The summed E-state index contributed by atoms with van der Waals surface area (Å²) in [6.07, 6.45) is 4.30. The van der Waals surface area contributed by atoms with Crippen molar-refractivity contribution in [2.75, 3.05) is 0 Å². The number of aromatic nitrogens is 3. The monoisotopic (exact) mass is 271 g/mol. The molecular weight excluding hydrogens is 250 g/mol. The molecule has 0 radical (unpaired) electrons. The summed E-state index contributed by atoms with van der Waals surface area (Å²) in [6, 6.07) is 8.51. The largest absolute Gasteiger partial charge is 0.343 e. The van der Waals surface area contributed by atoms with E-state index in [2.05, 4.69) is 62.0 Å². The van der Waals surface area contributed by atoms with E-state index in [-0.39, 0.29) is 5.60 Å². The number of hydrogen-bond donors (Lipinski definition) is 0. The minimum Gasteiger partial charge on any atom is -0.343 e. The van der Waals surface area contributed by atoms with Crippen LogP contribution < -0.4 is 0 Å². The zero-order valence-electron chi connectivity index (χ0n) is 12.5. The van der Waals surface area contributed by atoms with E-state index in [1.807, 2.05) is 4.68 Å². The molecule has 1 aliphatic heterocycles. The molecule has 2 heterocycles. The lowest BCUT2D eigenvalue weighted by Gasteiger charge is -2.34. The lowest BCUT2D eigenvalue weighted by atomic mass is 9.87. The fourth-order valence-electron chi connectivity index (χ4n) is 3.36. The average molecular weight is 271 g/mol. The van der Waals surface area contributed by atoms with Crippen LogP contribution >= 0.6 is 0 Å². The van der Waals surface area contributed by atoms with Gasteiger partial charge in [-0.15, -0.1) is 0 Å². The fraction of sp³-hybridized carbons (Fsp3) is 0.500. The van der Waals surface area contributed by atoms with Gasteiger partial charge in [0.1, 0.15) is 12.7 Å². The number of ether oxygens (including phenoxy) is 1. The average Bonchev–Trinajstić information content (AvgIpc) is 2.97. The first-order chi connectivity index (χ1) is 9.44. The highest BCUT2D eigenvalue weighted by molar-refractivity contribution is 5.29. The molecule has 0 amide bonds. The standard InChI is InChI=1S/C16H21N3O/c1-12-5-7-14(8-6-12)16(19-11-17-10-18-19)13(2)9-15(3,4)20-16/h5-8,10-11,13H,9H2,1-4H3. The summed E-state index contributed by atoms with van der Waals surface area (Å²) in [5, 5.41) is 4.37. The van der Waals surface area contributed by atoms with E-state index < -0.39 is 5.72 Å². The van der Waals surface area contributed by atoms with Gasteiger partial charge in [0.2, 0.25) is 0 Å². The third kappa shape index (κ3) is 1.95. The molecule has 0 spiro atoms. The first-order valence-corrected chi connectivity index (χ1v) is 7.06. The molecule has 1 aliphatic rings. The van der Waals surface area contributed by atoms with Crippen molar-refractivity contribution in [3.63, 3.8) is 0 Å². The van der Waals surface area contributed by atoms with Gasteiger partial charge in [0.25, 0.3) is 0 Å². The topological polar surface area (TPSA) is 39.9 Å². The minimum atomic E-state index is -0.562. The Hall–Kier alpha value is -1.68. The number of benzene rings is 1. The van der Waals surface area contributed by atoms with Gasteiger partial charge in [-0.1, -0.05) is 36.8 Å². The number of nitrogens with zero attached hydrogens (tertiary/aromatic N) is 3. The highest BCUT2D eigenvalue weighted by Gasteiger charge is 2.53. The van der Waals surface area contributed by atoms with Crippen LogP contribution in [0, 0.1) is 12.8 Å². The molecule has 0 bridgehead atoms. The normalized spacial score (nSPS) is 28.7. The maximum Gasteiger partial charge on any atom is 0.191 e. The molecule has 4 nitrogen and oxygen atoms in total. The zero-order chi connectivity index (χ0) is 14.4. The Morgan fingerprint density at radius 3 is 2.45 bits per heavy atom. The molecule has 1 aromatic carbocycles. The van der Waals surface area contributed by atoms with Crippen molar-refractivity contribution in [3.8, 4) is 0 Å². The predicted molar refractivity (Wildman–Crippen MR) is 77.2 cm³/mol. The molecule has 1 saturated heterocycles. The highest BCUT2D eigenvalue weighted by Crippen LogP contribution is 2.48. The van der Waals surface area contributed by atoms with Crippen molar-refractivity contribution in [3.05, 3.63) is 48.0 Å². The Morgan fingerprint density at radius 2 is 1.95 bits per heavy atom. The predicted octanol–water partition coefficient (Wildman–Crippen LogP) is 3.12. The second-order valence-corrected chi connectivity index (χ2v) is 6.37. The van der Waals surface area contributed by atoms with Crippen LogP contribution in [0.2, 0.25) is 0 Å². The van der Waals surface area contributed by atoms with Gasteiger partial charge in [0, 0.05) is 11.5 Å². The van der Waals surface area contributed by atoms with Crippen LogP contribution in [0.25, 0.3) is 0 Å². The molecule has 20 heavy (non-hydrogen) atoms. The van der Waals surface area contributed by atoms with Gasteiger partial charge >= 0.3 is 0 Å². The maximum absolute atomic E-state index is 6.48. The van der Waals surface area contributed by atoms with Crippen molar-refractivity contribution >= 4 is 0 Å². The van der Waals surface area contributed by atoms with E-state index in [4.69, 9.17) is 4.74 Å². The molecule has 1 aromatic heterocycles. The quantitative estimate of drug-likeness (QED) is 0.842. The summed E-state index contributed by atoms with van der Waals surface area (Å²) in [6.45, 7) is 8.58. The summed E-state index contributed by atoms with van der Waals surface area (Å²) < 4.78 is 8.34. The molecule has 2 aromatic rings. The molecule has 2 unspecified atom stereocenters. The summed E-state index contributed by atoms with van der Waals surface area (Å²) in [7, 11) is 0. The van der Waals surface area contributed by atoms with Gasteiger partial charge in [-0.25, -0.2) is 9.67 Å². The molecule has 1 fully saturated rings. The summed E-state index contributed by atoms with van der Waals surface area (Å²) in [4.78, 5) is 4.11. The lowest BCUT2D eigenvalue weighted by Crippen LogP contribution is -2.41. The second kappa shape index (κ2) is 4.42. The van der Waals surface area contributed by atoms with Gasteiger partial charge in [0.05, 0.1) is 5.60 Å². The molecule has 2 atom stereocenters. The first-order valence-electron chi connectivity index (χ1n) is 7.06. The van der Waals surface area contributed by atoms with E-state index in [9.17, 15) is 0 Å². The van der Waals surface area contributed by atoms with E-state index in [0.29, 0.717) is 5.92 Å². The molecule has 106 valence electrons. The first kappa shape index (κ1) is 13.3. The highest BCUT2D eigenvalue weighted by atomic mass is 16.5. The van der Waals surface area contributed by atoms with Crippen molar-refractivity contribution in [1.82, 2.24) is 14.8 Å². The number of aryl methyl sites for hydroxylation is 1. The second-order valence-electron chi connectivity index (χ2n) is 6.37. The van der Waals surface area contributed by atoms with Crippen LogP contribution in [-0.4, -0.2) is 20.4 Å². The van der Waals surface area contributed by atoms with Gasteiger partial charge < -0.3 is 4.74 Å².